The molecule has 2 heterocycles. The number of aromatic nitrogens is 5. The van der Waals surface area contributed by atoms with Crippen LogP contribution in [-0.2, 0) is 13.6 Å². The third-order valence-corrected chi connectivity index (χ3v) is 2.06. The van der Waals surface area contributed by atoms with Crippen molar-refractivity contribution in [3.05, 3.63) is 35.9 Å². The topological polar surface area (TPSA) is 85.6 Å². The Balaban J connectivity index is 1.97. The number of pyridine rings is 1. The van der Waals surface area contributed by atoms with Crippen molar-refractivity contribution in [3.63, 3.8) is 0 Å². The van der Waals surface area contributed by atoms with E-state index in [1.54, 1.807) is 31.6 Å². The lowest BCUT2D eigenvalue weighted by Gasteiger charge is -2.03. The monoisotopic (exact) mass is 218 g/mol. The van der Waals surface area contributed by atoms with Gasteiger partial charge in [0.25, 0.3) is 5.91 Å². The highest BCUT2D eigenvalue weighted by Crippen LogP contribution is 1.96. The van der Waals surface area contributed by atoms with Gasteiger partial charge in [0.05, 0.1) is 6.54 Å². The van der Waals surface area contributed by atoms with Crippen LogP contribution in [0.15, 0.2) is 24.5 Å². The predicted molar refractivity (Wildman–Crippen MR) is 54.2 cm³/mol. The minimum Gasteiger partial charge on any atom is -0.345 e. The predicted octanol–water partition coefficient (Wildman–Crippen LogP) is -0.465. The maximum Gasteiger partial charge on any atom is 0.251 e. The quantitative estimate of drug-likeness (QED) is 0.753. The van der Waals surface area contributed by atoms with Gasteiger partial charge in [-0.25, -0.2) is 4.68 Å². The van der Waals surface area contributed by atoms with Gasteiger partial charge in [0.2, 0.25) is 0 Å². The Kier molecular flexibility index (Phi) is 2.86. The third kappa shape index (κ3) is 2.19. The van der Waals surface area contributed by atoms with Crippen molar-refractivity contribution in [2.45, 2.75) is 6.54 Å². The Morgan fingerprint density at radius 3 is 2.81 bits per heavy atom. The van der Waals surface area contributed by atoms with E-state index < -0.39 is 0 Å². The van der Waals surface area contributed by atoms with Crippen LogP contribution in [-0.4, -0.2) is 31.1 Å². The van der Waals surface area contributed by atoms with E-state index in [1.807, 2.05) is 0 Å². The van der Waals surface area contributed by atoms with Gasteiger partial charge in [0.15, 0.2) is 5.82 Å². The van der Waals surface area contributed by atoms with Crippen molar-refractivity contribution < 1.29 is 4.79 Å². The maximum absolute atomic E-state index is 11.6. The molecule has 0 bridgehead atoms. The van der Waals surface area contributed by atoms with Crippen molar-refractivity contribution in [1.29, 1.82) is 0 Å². The summed E-state index contributed by atoms with van der Waals surface area (Å²) in [5.41, 5.74) is 0.560. The molecule has 0 fully saturated rings. The third-order valence-electron chi connectivity index (χ3n) is 2.06. The maximum atomic E-state index is 11.6. The van der Waals surface area contributed by atoms with Crippen molar-refractivity contribution in [1.82, 2.24) is 30.5 Å². The molecule has 7 heteroatoms. The van der Waals surface area contributed by atoms with E-state index in [0.717, 1.165) is 0 Å². The molecule has 0 aliphatic rings. The molecule has 0 aliphatic heterocycles. The molecular weight excluding hydrogens is 208 g/mol. The summed E-state index contributed by atoms with van der Waals surface area (Å²) < 4.78 is 1.51. The summed E-state index contributed by atoms with van der Waals surface area (Å²) in [5.74, 6) is 0.424. The molecule has 0 saturated heterocycles. The highest BCUT2D eigenvalue weighted by molar-refractivity contribution is 5.93. The molecule has 0 unspecified atom stereocenters. The van der Waals surface area contributed by atoms with Crippen molar-refractivity contribution in [2.24, 2.45) is 7.05 Å². The lowest BCUT2D eigenvalue weighted by Crippen LogP contribution is -2.24. The Morgan fingerprint density at radius 1 is 1.44 bits per heavy atom. The van der Waals surface area contributed by atoms with E-state index >= 15 is 0 Å². The molecule has 16 heavy (non-hydrogen) atoms. The summed E-state index contributed by atoms with van der Waals surface area (Å²) in [4.78, 5) is 15.5. The van der Waals surface area contributed by atoms with Crippen LogP contribution in [0.1, 0.15) is 16.2 Å². The Morgan fingerprint density at radius 2 is 2.19 bits per heavy atom. The molecule has 2 aromatic rings. The molecule has 0 aliphatic carbocycles. The number of tetrazole rings is 1. The highest BCUT2D eigenvalue weighted by Gasteiger charge is 2.07. The molecule has 0 radical (unpaired) electrons. The van der Waals surface area contributed by atoms with Gasteiger partial charge in [-0.1, -0.05) is 0 Å². The number of hydrogen-bond donors (Lipinski definition) is 1. The number of hydrogen-bond acceptors (Lipinski definition) is 5. The summed E-state index contributed by atoms with van der Waals surface area (Å²) >= 11 is 0. The first-order chi connectivity index (χ1) is 7.77. The van der Waals surface area contributed by atoms with Gasteiger partial charge in [-0.2, -0.15) is 0 Å². The average molecular weight is 218 g/mol. The number of nitrogens with one attached hydrogen (secondary N) is 1. The summed E-state index contributed by atoms with van der Waals surface area (Å²) in [6.07, 6.45) is 3.14. The van der Waals surface area contributed by atoms with E-state index in [4.69, 9.17) is 0 Å². The van der Waals surface area contributed by atoms with Gasteiger partial charge in [-0.3, -0.25) is 9.78 Å². The zero-order valence-corrected chi connectivity index (χ0v) is 8.66. The van der Waals surface area contributed by atoms with E-state index in [0.29, 0.717) is 17.9 Å². The van der Waals surface area contributed by atoms with Crippen LogP contribution >= 0.6 is 0 Å². The first-order valence-corrected chi connectivity index (χ1v) is 4.67. The number of aryl methyl sites for hydroxylation is 1. The molecule has 0 aromatic carbocycles. The van der Waals surface area contributed by atoms with Crippen LogP contribution < -0.4 is 5.32 Å². The van der Waals surface area contributed by atoms with Gasteiger partial charge < -0.3 is 5.32 Å². The molecule has 1 N–H and O–H groups in total. The van der Waals surface area contributed by atoms with Crippen LogP contribution in [0, 0.1) is 0 Å². The molecule has 2 aromatic heterocycles. The highest BCUT2D eigenvalue weighted by atomic mass is 16.1. The molecule has 82 valence electrons. The van der Waals surface area contributed by atoms with Crippen molar-refractivity contribution in [3.8, 4) is 0 Å². The van der Waals surface area contributed by atoms with Gasteiger partial charge in [-0.15, -0.1) is 5.10 Å². The molecule has 1 amide bonds. The summed E-state index contributed by atoms with van der Waals surface area (Å²) in [6.45, 7) is 0.296. The smallest absolute Gasteiger partial charge is 0.251 e. The van der Waals surface area contributed by atoms with Crippen LogP contribution in [0.2, 0.25) is 0 Å². The summed E-state index contributed by atoms with van der Waals surface area (Å²) in [7, 11) is 1.72. The number of nitrogens with zero attached hydrogens (tertiary/aromatic N) is 5. The van der Waals surface area contributed by atoms with Crippen molar-refractivity contribution >= 4 is 5.91 Å². The second-order valence-electron chi connectivity index (χ2n) is 3.14. The van der Waals surface area contributed by atoms with Gasteiger partial charge in [0.1, 0.15) is 0 Å². The SMILES string of the molecule is Cn1nnnc1CNC(=O)c1ccncc1. The van der Waals surface area contributed by atoms with E-state index in [-0.39, 0.29) is 5.91 Å². The minimum absolute atomic E-state index is 0.176. The summed E-state index contributed by atoms with van der Waals surface area (Å²) in [5, 5.41) is 13.6. The Labute approximate surface area is 91.5 Å². The molecule has 0 spiro atoms. The molecule has 7 nitrogen and oxygen atoms in total. The van der Waals surface area contributed by atoms with Crippen LogP contribution in [0.25, 0.3) is 0 Å². The van der Waals surface area contributed by atoms with Crippen LogP contribution in [0.4, 0.5) is 0 Å². The van der Waals surface area contributed by atoms with Crippen LogP contribution in [0.3, 0.4) is 0 Å². The van der Waals surface area contributed by atoms with E-state index in [1.165, 1.54) is 4.68 Å². The first-order valence-electron chi connectivity index (χ1n) is 4.67. The first kappa shape index (κ1) is 10.2. The zero-order valence-electron chi connectivity index (χ0n) is 8.66. The lowest BCUT2D eigenvalue weighted by atomic mass is 10.2. The zero-order chi connectivity index (χ0) is 11.4. The average Bonchev–Trinajstić information content (AvgIpc) is 2.73. The molecular formula is C9H10N6O. The largest absolute Gasteiger partial charge is 0.345 e. The van der Waals surface area contributed by atoms with Gasteiger partial charge in [0, 0.05) is 25.0 Å². The van der Waals surface area contributed by atoms with E-state index in [9.17, 15) is 4.79 Å². The lowest BCUT2D eigenvalue weighted by molar-refractivity contribution is 0.0949. The Bertz CT molecular complexity index is 480. The minimum atomic E-state index is -0.176. The normalized spacial score (nSPS) is 10.1. The Hall–Kier alpha value is -2.31. The summed E-state index contributed by atoms with van der Waals surface area (Å²) in [6, 6.07) is 3.29. The number of carbonyl (C=O) groups is 1. The second-order valence-corrected chi connectivity index (χ2v) is 3.14. The molecule has 0 atom stereocenters. The fraction of sp³-hybridized carbons (Fsp3) is 0.222. The number of carbonyl (C=O) groups excluding carboxylic acids is 1. The van der Waals surface area contributed by atoms with Crippen LogP contribution in [0.5, 0.6) is 0 Å². The van der Waals surface area contributed by atoms with Gasteiger partial charge >= 0.3 is 0 Å². The molecule has 0 saturated carbocycles. The number of rotatable bonds is 3. The second kappa shape index (κ2) is 4.47. The fourth-order valence-corrected chi connectivity index (χ4v) is 1.16. The van der Waals surface area contributed by atoms with E-state index in [2.05, 4.69) is 25.8 Å². The van der Waals surface area contributed by atoms with Crippen molar-refractivity contribution in [2.75, 3.05) is 0 Å². The molecule has 2 rings (SSSR count). The standard InChI is InChI=1S/C9H10N6O/c1-15-8(12-13-14-15)6-11-9(16)7-2-4-10-5-3-7/h2-5H,6H2,1H3,(H,11,16). The number of amides is 1. The van der Waals surface area contributed by atoms with Gasteiger partial charge in [-0.05, 0) is 22.6 Å². The fourth-order valence-electron chi connectivity index (χ4n) is 1.16.